The van der Waals surface area contributed by atoms with Crippen LogP contribution in [0, 0.1) is 0 Å². The fraction of sp³-hybridized carbons (Fsp3) is 0.667. The molecule has 0 aliphatic rings. The number of nitrogens with two attached hydrogens (primary N) is 1. The van der Waals surface area contributed by atoms with Crippen LogP contribution in [0.2, 0.25) is 0 Å². The Morgan fingerprint density at radius 1 is 1.62 bits per heavy atom. The van der Waals surface area contributed by atoms with E-state index < -0.39 is 0 Å². The normalized spacial score (nSPS) is 5.75. The number of carbonyl (C=O) groups is 1. The molecule has 0 fully saturated rings. The van der Waals surface area contributed by atoms with E-state index >= 15 is 0 Å². The summed E-state index contributed by atoms with van der Waals surface area (Å²) in [6.45, 7) is 1.68. The van der Waals surface area contributed by atoms with Gasteiger partial charge in [-0.15, -0.1) is 0 Å². The fourth-order valence-electron chi connectivity index (χ4n) is 0.0833. The van der Waals surface area contributed by atoms with Crippen LogP contribution in [0.5, 0.6) is 0 Å². The number of carbonyl (C=O) groups excluding carboxylic acids is 1. The number of rotatable bonds is 1. The Morgan fingerprint density at radius 3 is 2.00 bits per heavy atom. The first-order valence-electron chi connectivity index (χ1n) is 1.70. The fourth-order valence-corrected chi connectivity index (χ4v) is 0.0833. The van der Waals surface area contributed by atoms with Crippen molar-refractivity contribution >= 4 is 65.1 Å². The average Bonchev–Trinajstić information content (AvgIpc) is 1.65. The molecule has 0 unspecified atom stereocenters. The van der Waals surface area contributed by atoms with E-state index in [4.69, 9.17) is 0 Å². The predicted octanol–water partition coefficient (Wildman–Crippen LogP) is -1.48. The second-order valence-electron chi connectivity index (χ2n) is 0.843. The maximum absolute atomic E-state index is 9.83. The van der Waals surface area contributed by atoms with Crippen molar-refractivity contribution in [3.05, 3.63) is 0 Å². The summed E-state index contributed by atoms with van der Waals surface area (Å²) < 4.78 is 0. The van der Waals surface area contributed by atoms with Crippen LogP contribution in [0.1, 0.15) is 13.3 Å². The Balaban J connectivity index is -0.000000125. The van der Waals surface area contributed by atoms with E-state index in [2.05, 4.69) is 10.7 Å². The summed E-state index contributed by atoms with van der Waals surface area (Å²) >= 11 is 0. The minimum atomic E-state index is -0.380. The molecule has 40 valence electrons. The molecule has 0 saturated carbocycles. The summed E-state index contributed by atoms with van der Waals surface area (Å²) in [5.74, 6) is 4.05. The van der Waals surface area contributed by atoms with E-state index in [-0.39, 0.29) is 65.1 Å². The molecule has 0 amide bonds. The summed E-state index contributed by atoms with van der Waals surface area (Å²) in [6, 6.07) is 0. The van der Waals surface area contributed by atoms with Gasteiger partial charge in [-0.2, -0.15) is 5.90 Å². The second-order valence-corrected chi connectivity index (χ2v) is 0.843. The zero-order valence-corrected chi connectivity index (χ0v) is 3.60. The van der Waals surface area contributed by atoms with Crippen LogP contribution in [0.25, 0.3) is 0 Å². The Labute approximate surface area is 92.9 Å². The molecule has 0 spiro atoms. The van der Waals surface area contributed by atoms with Crippen LogP contribution in [0.4, 0.5) is 0 Å². The minimum absolute atomic E-state index is 0. The van der Waals surface area contributed by atoms with Crippen LogP contribution >= 0.6 is 0 Å². The van der Waals surface area contributed by atoms with Crippen LogP contribution < -0.4 is 5.90 Å². The van der Waals surface area contributed by atoms with E-state index in [1.54, 1.807) is 6.92 Å². The first kappa shape index (κ1) is 16.2. The summed E-state index contributed by atoms with van der Waals surface area (Å²) in [4.78, 5) is 13.6. The van der Waals surface area contributed by atoms with Gasteiger partial charge in [-0.05, 0) is 0 Å². The molecule has 0 rings (SSSR count). The maximum atomic E-state index is 9.83. The molecule has 5 heteroatoms. The monoisotopic (exact) mass is 137 g/mol. The molecule has 8 heavy (non-hydrogen) atoms. The third kappa shape index (κ3) is 10.4. The van der Waals surface area contributed by atoms with Gasteiger partial charge in [0.2, 0.25) is 0 Å². The van der Waals surface area contributed by atoms with Crippen molar-refractivity contribution in [2.45, 2.75) is 13.3 Å². The van der Waals surface area contributed by atoms with Crippen LogP contribution in [0.3, 0.4) is 0 Å². The average molecular weight is 137 g/mol. The van der Waals surface area contributed by atoms with Crippen molar-refractivity contribution in [3.63, 3.8) is 0 Å². The molecule has 0 saturated heterocycles. The Morgan fingerprint density at radius 2 is 2.00 bits per heavy atom. The summed E-state index contributed by atoms with van der Waals surface area (Å²) in [5.41, 5.74) is 0. The Bertz CT molecular complexity index is 53.2. The van der Waals surface area contributed by atoms with Crippen molar-refractivity contribution in [1.82, 2.24) is 0 Å². The first-order valence-corrected chi connectivity index (χ1v) is 1.70. The number of hydrogen-bond acceptors (Lipinski definition) is 3. The standard InChI is InChI=1S/C3H7NO2.2Na.2H/c1-2-3(5)6-4;;;;/h2,4H2,1H3;;;;. The number of hydrogen-bond donors (Lipinski definition) is 1. The van der Waals surface area contributed by atoms with Crippen LogP contribution in [-0.4, -0.2) is 65.1 Å². The summed E-state index contributed by atoms with van der Waals surface area (Å²) in [5, 5.41) is 0. The molecule has 0 aliphatic carbocycles. The molecule has 0 bridgehead atoms. The predicted molar refractivity (Wildman–Crippen MR) is 34.9 cm³/mol. The molecule has 0 radical (unpaired) electrons. The summed E-state index contributed by atoms with van der Waals surface area (Å²) in [6.07, 6.45) is 0.344. The molecule has 0 aromatic heterocycles. The topological polar surface area (TPSA) is 52.3 Å². The zero-order chi connectivity index (χ0) is 4.99. The SMILES string of the molecule is CCC(=O)ON.[NaH].[NaH]. The Hall–Kier alpha value is 1.43. The zero-order valence-electron chi connectivity index (χ0n) is 3.60. The molecule has 2 N–H and O–H groups in total. The quantitative estimate of drug-likeness (QED) is 0.354. The van der Waals surface area contributed by atoms with Crippen molar-refractivity contribution < 1.29 is 9.63 Å². The van der Waals surface area contributed by atoms with Gasteiger partial charge in [0.15, 0.2) is 0 Å². The van der Waals surface area contributed by atoms with Gasteiger partial charge in [-0.25, -0.2) is 0 Å². The molecular weight excluding hydrogens is 128 g/mol. The molecule has 3 nitrogen and oxygen atoms in total. The second kappa shape index (κ2) is 11.3. The third-order valence-electron chi connectivity index (χ3n) is 0.420. The van der Waals surface area contributed by atoms with Gasteiger partial charge in [0.1, 0.15) is 0 Å². The van der Waals surface area contributed by atoms with Crippen molar-refractivity contribution in [1.29, 1.82) is 0 Å². The van der Waals surface area contributed by atoms with Crippen LogP contribution in [-0.2, 0) is 9.63 Å². The molecular formula is C3H9NNa2O2. The first-order chi connectivity index (χ1) is 2.81. The molecule has 0 aromatic rings. The van der Waals surface area contributed by atoms with Gasteiger partial charge in [0.25, 0.3) is 0 Å². The van der Waals surface area contributed by atoms with E-state index in [1.165, 1.54) is 0 Å². The molecule has 0 aliphatic heterocycles. The van der Waals surface area contributed by atoms with E-state index in [0.717, 1.165) is 0 Å². The van der Waals surface area contributed by atoms with Crippen molar-refractivity contribution in [2.75, 3.05) is 0 Å². The molecule has 0 heterocycles. The Kier molecular flexibility index (Phi) is 22.8. The van der Waals surface area contributed by atoms with Gasteiger partial charge in [-0.3, -0.25) is 4.79 Å². The summed E-state index contributed by atoms with van der Waals surface area (Å²) in [7, 11) is 0. The molecule has 0 atom stereocenters. The van der Waals surface area contributed by atoms with Gasteiger partial charge >= 0.3 is 65.1 Å². The van der Waals surface area contributed by atoms with E-state index in [1.807, 2.05) is 0 Å². The van der Waals surface area contributed by atoms with Gasteiger partial charge in [0, 0.05) is 6.42 Å². The van der Waals surface area contributed by atoms with Crippen molar-refractivity contribution in [3.8, 4) is 0 Å². The van der Waals surface area contributed by atoms with Crippen molar-refractivity contribution in [2.24, 2.45) is 5.90 Å². The third-order valence-corrected chi connectivity index (χ3v) is 0.420. The van der Waals surface area contributed by atoms with Crippen LogP contribution in [0.15, 0.2) is 0 Å². The van der Waals surface area contributed by atoms with Gasteiger partial charge in [0.05, 0.1) is 0 Å². The van der Waals surface area contributed by atoms with E-state index in [9.17, 15) is 4.79 Å². The molecule has 0 aromatic carbocycles. The van der Waals surface area contributed by atoms with E-state index in [0.29, 0.717) is 6.42 Å². The van der Waals surface area contributed by atoms with Gasteiger partial charge in [-0.1, -0.05) is 6.92 Å². The van der Waals surface area contributed by atoms with Gasteiger partial charge < -0.3 is 4.84 Å².